The number of pyridine rings is 1. The minimum atomic E-state index is 0.989. The third-order valence-electron chi connectivity index (χ3n) is 3.05. The standard InChI is InChI=1S/C14H17BrN2/c1-4-17(5-2)14-8-10(3)12-7-6-11(15)9-13(12)16-14/h6-9H,4-5H2,1-3H3. The number of hydrogen-bond donors (Lipinski definition) is 0. The van der Waals surface area contributed by atoms with Gasteiger partial charge in [0.1, 0.15) is 5.82 Å². The molecule has 0 aliphatic carbocycles. The van der Waals surface area contributed by atoms with Gasteiger partial charge in [-0.05, 0) is 44.5 Å². The molecular weight excluding hydrogens is 276 g/mol. The van der Waals surface area contributed by atoms with E-state index in [4.69, 9.17) is 4.98 Å². The first-order valence-corrected chi connectivity index (χ1v) is 6.76. The van der Waals surface area contributed by atoms with Gasteiger partial charge in [0.15, 0.2) is 0 Å². The molecule has 0 radical (unpaired) electrons. The summed E-state index contributed by atoms with van der Waals surface area (Å²) >= 11 is 3.50. The monoisotopic (exact) mass is 292 g/mol. The van der Waals surface area contributed by atoms with Gasteiger partial charge in [-0.1, -0.05) is 22.0 Å². The topological polar surface area (TPSA) is 16.1 Å². The molecule has 0 unspecified atom stereocenters. The largest absolute Gasteiger partial charge is 0.357 e. The van der Waals surface area contributed by atoms with Crippen LogP contribution in [-0.4, -0.2) is 18.1 Å². The number of hydrogen-bond acceptors (Lipinski definition) is 2. The molecule has 1 aromatic heterocycles. The fraction of sp³-hybridized carbons (Fsp3) is 0.357. The molecule has 2 aromatic rings. The van der Waals surface area contributed by atoms with E-state index in [1.807, 2.05) is 0 Å². The van der Waals surface area contributed by atoms with Gasteiger partial charge in [-0.15, -0.1) is 0 Å². The van der Waals surface area contributed by atoms with Crippen molar-refractivity contribution >= 4 is 32.7 Å². The Balaban J connectivity index is 2.60. The molecule has 0 N–H and O–H groups in total. The van der Waals surface area contributed by atoms with Crippen LogP contribution in [0.3, 0.4) is 0 Å². The predicted octanol–water partition coefficient (Wildman–Crippen LogP) is 4.15. The summed E-state index contributed by atoms with van der Waals surface area (Å²) < 4.78 is 1.08. The number of halogens is 1. The molecule has 0 atom stereocenters. The summed E-state index contributed by atoms with van der Waals surface area (Å²) in [6.45, 7) is 8.44. The Morgan fingerprint density at radius 2 is 1.88 bits per heavy atom. The van der Waals surface area contributed by atoms with Gasteiger partial charge in [-0.3, -0.25) is 0 Å². The number of rotatable bonds is 3. The van der Waals surface area contributed by atoms with Crippen LogP contribution >= 0.6 is 15.9 Å². The van der Waals surface area contributed by atoms with Crippen LogP contribution in [0.25, 0.3) is 10.9 Å². The fourth-order valence-electron chi connectivity index (χ4n) is 2.07. The van der Waals surface area contributed by atoms with Gasteiger partial charge in [0.05, 0.1) is 5.52 Å². The second-order valence-corrected chi connectivity index (χ2v) is 5.05. The third kappa shape index (κ3) is 2.44. The van der Waals surface area contributed by atoms with Crippen molar-refractivity contribution in [2.75, 3.05) is 18.0 Å². The Hall–Kier alpha value is -1.09. The lowest BCUT2D eigenvalue weighted by molar-refractivity contribution is 0.849. The van der Waals surface area contributed by atoms with Gasteiger partial charge in [0, 0.05) is 22.9 Å². The summed E-state index contributed by atoms with van der Waals surface area (Å²) in [6.07, 6.45) is 0. The van der Waals surface area contributed by atoms with Crippen molar-refractivity contribution in [2.24, 2.45) is 0 Å². The van der Waals surface area contributed by atoms with Crippen molar-refractivity contribution < 1.29 is 0 Å². The Kier molecular flexibility index (Phi) is 3.67. The van der Waals surface area contributed by atoms with E-state index in [0.29, 0.717) is 0 Å². The number of aryl methyl sites for hydroxylation is 1. The van der Waals surface area contributed by atoms with Gasteiger partial charge in [0.2, 0.25) is 0 Å². The zero-order valence-corrected chi connectivity index (χ0v) is 12.1. The van der Waals surface area contributed by atoms with Crippen LogP contribution in [-0.2, 0) is 0 Å². The predicted molar refractivity (Wildman–Crippen MR) is 77.7 cm³/mol. The highest BCUT2D eigenvalue weighted by Gasteiger charge is 2.07. The molecule has 0 fully saturated rings. The highest BCUT2D eigenvalue weighted by atomic mass is 79.9. The van der Waals surface area contributed by atoms with Gasteiger partial charge in [-0.2, -0.15) is 0 Å². The number of benzene rings is 1. The van der Waals surface area contributed by atoms with Crippen LogP contribution in [0.1, 0.15) is 19.4 Å². The zero-order valence-electron chi connectivity index (χ0n) is 10.5. The number of anilines is 1. The van der Waals surface area contributed by atoms with E-state index in [2.05, 4.69) is 65.9 Å². The maximum Gasteiger partial charge on any atom is 0.129 e. The summed E-state index contributed by atoms with van der Waals surface area (Å²) in [5, 5.41) is 1.23. The summed E-state index contributed by atoms with van der Waals surface area (Å²) in [7, 11) is 0. The van der Waals surface area contributed by atoms with E-state index in [1.165, 1.54) is 10.9 Å². The maximum absolute atomic E-state index is 4.73. The molecule has 2 rings (SSSR count). The zero-order chi connectivity index (χ0) is 12.4. The van der Waals surface area contributed by atoms with Crippen molar-refractivity contribution in [1.29, 1.82) is 0 Å². The average Bonchev–Trinajstić information content (AvgIpc) is 2.30. The fourth-order valence-corrected chi connectivity index (χ4v) is 2.42. The van der Waals surface area contributed by atoms with E-state index in [1.54, 1.807) is 0 Å². The van der Waals surface area contributed by atoms with Gasteiger partial charge in [0.25, 0.3) is 0 Å². The molecule has 2 nitrogen and oxygen atoms in total. The smallest absolute Gasteiger partial charge is 0.129 e. The Bertz CT molecular complexity index is 533. The Morgan fingerprint density at radius 1 is 1.18 bits per heavy atom. The minimum Gasteiger partial charge on any atom is -0.357 e. The second-order valence-electron chi connectivity index (χ2n) is 4.13. The summed E-state index contributed by atoms with van der Waals surface area (Å²) in [6, 6.07) is 8.43. The van der Waals surface area contributed by atoms with Crippen LogP contribution < -0.4 is 4.90 Å². The van der Waals surface area contributed by atoms with E-state index in [9.17, 15) is 0 Å². The quantitative estimate of drug-likeness (QED) is 0.845. The van der Waals surface area contributed by atoms with Crippen LogP contribution in [0.4, 0.5) is 5.82 Å². The first-order valence-electron chi connectivity index (χ1n) is 5.97. The molecule has 3 heteroatoms. The average molecular weight is 293 g/mol. The van der Waals surface area contributed by atoms with Crippen molar-refractivity contribution in [1.82, 2.24) is 4.98 Å². The van der Waals surface area contributed by atoms with Crippen LogP contribution in [0.15, 0.2) is 28.7 Å². The van der Waals surface area contributed by atoms with E-state index in [0.717, 1.165) is 28.9 Å². The molecule has 0 saturated carbocycles. The molecule has 1 heterocycles. The van der Waals surface area contributed by atoms with E-state index >= 15 is 0 Å². The second kappa shape index (κ2) is 5.05. The molecular formula is C14H17BrN2. The van der Waals surface area contributed by atoms with E-state index in [-0.39, 0.29) is 0 Å². The van der Waals surface area contributed by atoms with Gasteiger partial charge < -0.3 is 4.90 Å². The highest BCUT2D eigenvalue weighted by Crippen LogP contribution is 2.25. The van der Waals surface area contributed by atoms with Gasteiger partial charge >= 0.3 is 0 Å². The highest BCUT2D eigenvalue weighted by molar-refractivity contribution is 9.10. The molecule has 1 aromatic carbocycles. The maximum atomic E-state index is 4.73. The van der Waals surface area contributed by atoms with Crippen molar-refractivity contribution in [3.63, 3.8) is 0 Å². The van der Waals surface area contributed by atoms with E-state index < -0.39 is 0 Å². The Labute approximate surface area is 111 Å². The lowest BCUT2D eigenvalue weighted by Crippen LogP contribution is -2.23. The molecule has 0 aliphatic rings. The third-order valence-corrected chi connectivity index (χ3v) is 3.55. The molecule has 0 saturated heterocycles. The molecule has 17 heavy (non-hydrogen) atoms. The molecule has 90 valence electrons. The van der Waals surface area contributed by atoms with Crippen LogP contribution in [0, 0.1) is 6.92 Å². The first-order chi connectivity index (χ1) is 8.15. The van der Waals surface area contributed by atoms with Crippen LogP contribution in [0.2, 0.25) is 0 Å². The molecule has 0 aliphatic heterocycles. The lowest BCUT2D eigenvalue weighted by Gasteiger charge is -2.20. The molecule has 0 spiro atoms. The van der Waals surface area contributed by atoms with Crippen molar-refractivity contribution in [2.45, 2.75) is 20.8 Å². The first kappa shape index (κ1) is 12.4. The number of nitrogens with zero attached hydrogens (tertiary/aromatic N) is 2. The number of fused-ring (bicyclic) bond motifs is 1. The summed E-state index contributed by atoms with van der Waals surface area (Å²) in [5.74, 6) is 1.07. The summed E-state index contributed by atoms with van der Waals surface area (Å²) in [5.41, 5.74) is 2.34. The SMILES string of the molecule is CCN(CC)c1cc(C)c2ccc(Br)cc2n1. The van der Waals surface area contributed by atoms with Crippen molar-refractivity contribution in [3.8, 4) is 0 Å². The molecule has 0 bridgehead atoms. The van der Waals surface area contributed by atoms with Crippen molar-refractivity contribution in [3.05, 3.63) is 34.3 Å². The normalized spacial score (nSPS) is 10.8. The number of aromatic nitrogens is 1. The lowest BCUT2D eigenvalue weighted by atomic mass is 10.1. The minimum absolute atomic E-state index is 0.989. The van der Waals surface area contributed by atoms with Crippen LogP contribution in [0.5, 0.6) is 0 Å². The Morgan fingerprint density at radius 3 is 2.53 bits per heavy atom. The van der Waals surface area contributed by atoms with Gasteiger partial charge in [-0.25, -0.2) is 4.98 Å². The summed E-state index contributed by atoms with van der Waals surface area (Å²) in [4.78, 5) is 7.01. The molecule has 0 amide bonds.